The highest BCUT2D eigenvalue weighted by Gasteiger charge is 2.31. The highest BCUT2D eigenvalue weighted by molar-refractivity contribution is 8.13. The SMILES string of the molecule is CCOC(=O)COC(=O)c1cc(Oc2ccc(C(F)(F)F)cc2Cl)ccc1[N+](=O)[O-].CCSC(=O)N1CCCCCC1. The van der Waals surface area contributed by atoms with Gasteiger partial charge < -0.3 is 19.1 Å². The minimum absolute atomic E-state index is 0.0493. The van der Waals surface area contributed by atoms with E-state index in [2.05, 4.69) is 4.74 Å². The molecule has 1 fully saturated rings. The Morgan fingerprint density at radius 1 is 1.02 bits per heavy atom. The summed E-state index contributed by atoms with van der Waals surface area (Å²) in [5, 5.41) is 11.1. The molecule has 10 nitrogen and oxygen atoms in total. The maximum atomic E-state index is 12.7. The maximum absolute atomic E-state index is 12.7. The number of ether oxygens (including phenoxy) is 3. The molecule has 0 unspecified atom stereocenters. The minimum Gasteiger partial charge on any atom is -0.463 e. The molecule has 0 aliphatic carbocycles. The topological polar surface area (TPSA) is 125 Å². The molecule has 0 atom stereocenters. The molecule has 1 aliphatic rings. The van der Waals surface area contributed by atoms with Crippen molar-refractivity contribution in [1.29, 1.82) is 0 Å². The van der Waals surface area contributed by atoms with Crippen molar-refractivity contribution in [2.45, 2.75) is 45.7 Å². The first-order valence-electron chi connectivity index (χ1n) is 12.9. The van der Waals surface area contributed by atoms with Gasteiger partial charge in [-0.05, 0) is 49.8 Å². The smallest absolute Gasteiger partial charge is 0.416 e. The number of nitro benzene ring substituents is 1. The first kappa shape index (κ1) is 34.7. The average molecular weight is 635 g/mol. The second kappa shape index (κ2) is 16.8. The Labute approximate surface area is 249 Å². The number of amides is 1. The number of rotatable bonds is 8. The molecule has 230 valence electrons. The summed E-state index contributed by atoms with van der Waals surface area (Å²) in [5.74, 6) is -1.46. The third-order valence-corrected chi connectivity index (χ3v) is 6.72. The van der Waals surface area contributed by atoms with Crippen LogP contribution >= 0.6 is 23.4 Å². The molecular formula is C27H30ClF3N2O8S. The van der Waals surface area contributed by atoms with Crippen LogP contribution in [0.1, 0.15) is 55.5 Å². The summed E-state index contributed by atoms with van der Waals surface area (Å²) >= 11 is 7.24. The maximum Gasteiger partial charge on any atom is 0.416 e. The predicted molar refractivity (Wildman–Crippen MR) is 150 cm³/mol. The fourth-order valence-electron chi connectivity index (χ4n) is 3.66. The number of carbonyl (C=O) groups excluding carboxylic acids is 3. The Morgan fingerprint density at radius 3 is 2.24 bits per heavy atom. The van der Waals surface area contributed by atoms with Gasteiger partial charge in [-0.1, -0.05) is 43.1 Å². The number of benzene rings is 2. The lowest BCUT2D eigenvalue weighted by atomic mass is 10.1. The first-order chi connectivity index (χ1) is 19.9. The molecule has 3 rings (SSSR count). The summed E-state index contributed by atoms with van der Waals surface area (Å²) in [5.41, 5.74) is -2.16. The Balaban J connectivity index is 0.000000428. The van der Waals surface area contributed by atoms with E-state index in [0.29, 0.717) is 6.07 Å². The van der Waals surface area contributed by atoms with Crippen LogP contribution in [0.15, 0.2) is 36.4 Å². The number of esters is 2. The van der Waals surface area contributed by atoms with Crippen LogP contribution in [-0.2, 0) is 20.4 Å². The van der Waals surface area contributed by atoms with E-state index in [1.165, 1.54) is 44.4 Å². The lowest BCUT2D eigenvalue weighted by Crippen LogP contribution is -2.28. The number of nitrogens with zero attached hydrogens (tertiary/aromatic N) is 2. The van der Waals surface area contributed by atoms with Gasteiger partial charge in [0, 0.05) is 25.2 Å². The molecule has 0 saturated carbocycles. The van der Waals surface area contributed by atoms with Crippen molar-refractivity contribution in [2.24, 2.45) is 0 Å². The summed E-state index contributed by atoms with van der Waals surface area (Å²) in [6, 6.07) is 5.35. The Kier molecular flexibility index (Phi) is 13.9. The molecule has 0 spiro atoms. The number of alkyl halides is 3. The van der Waals surface area contributed by atoms with E-state index in [1.54, 1.807) is 0 Å². The molecule has 1 aliphatic heterocycles. The van der Waals surface area contributed by atoms with E-state index in [0.717, 1.165) is 49.2 Å². The van der Waals surface area contributed by atoms with Crippen LogP contribution in [-0.4, -0.2) is 59.1 Å². The highest BCUT2D eigenvalue weighted by Crippen LogP contribution is 2.37. The second-order valence-corrected chi connectivity index (χ2v) is 10.3. The standard InChI is InChI=1S/C18H13ClF3NO7.C9H17NOS/c1-2-28-16(24)9-29-17(25)12-8-11(4-5-14(12)23(26)27)30-15-6-3-10(7-13(15)19)18(20,21)22;1-2-12-9(11)10-7-5-3-4-6-8-10/h3-8H,2,9H2,1H3;2-8H2,1H3. The fourth-order valence-corrected chi connectivity index (χ4v) is 4.49. The van der Waals surface area contributed by atoms with E-state index >= 15 is 0 Å². The molecule has 0 aromatic heterocycles. The number of halogens is 4. The molecule has 0 bridgehead atoms. The van der Waals surface area contributed by atoms with Gasteiger partial charge in [-0.15, -0.1) is 0 Å². The summed E-state index contributed by atoms with van der Waals surface area (Å²) in [6.45, 7) is 4.81. The van der Waals surface area contributed by atoms with Crippen LogP contribution < -0.4 is 4.74 Å². The van der Waals surface area contributed by atoms with E-state index < -0.39 is 46.5 Å². The molecule has 0 N–H and O–H groups in total. The molecule has 0 radical (unpaired) electrons. The van der Waals surface area contributed by atoms with Gasteiger partial charge in [-0.25, -0.2) is 9.59 Å². The van der Waals surface area contributed by atoms with Crippen LogP contribution in [0.2, 0.25) is 5.02 Å². The van der Waals surface area contributed by atoms with Crippen molar-refractivity contribution in [3.05, 3.63) is 62.7 Å². The van der Waals surface area contributed by atoms with Crippen molar-refractivity contribution < 1.29 is 46.7 Å². The van der Waals surface area contributed by atoms with Crippen LogP contribution in [0, 0.1) is 10.1 Å². The fraction of sp³-hybridized carbons (Fsp3) is 0.444. The van der Waals surface area contributed by atoms with Gasteiger partial charge >= 0.3 is 18.1 Å². The van der Waals surface area contributed by atoms with Crippen LogP contribution in [0.25, 0.3) is 0 Å². The summed E-state index contributed by atoms with van der Waals surface area (Å²) in [7, 11) is 0. The number of hydrogen-bond acceptors (Lipinski definition) is 9. The molecule has 15 heteroatoms. The van der Waals surface area contributed by atoms with Gasteiger partial charge in [0.05, 0.1) is 22.1 Å². The normalized spacial score (nSPS) is 13.2. The number of hydrogen-bond donors (Lipinski definition) is 0. The zero-order valence-electron chi connectivity index (χ0n) is 22.9. The quantitative estimate of drug-likeness (QED) is 0.165. The van der Waals surface area contributed by atoms with Gasteiger partial charge in [0.15, 0.2) is 6.61 Å². The van der Waals surface area contributed by atoms with Gasteiger partial charge in [-0.2, -0.15) is 13.2 Å². The van der Waals surface area contributed by atoms with Gasteiger partial charge in [0.2, 0.25) is 0 Å². The molecule has 1 heterocycles. The number of likely N-dealkylation sites (tertiary alicyclic amines) is 1. The molecule has 2 aromatic rings. The number of thioether (sulfide) groups is 1. The Morgan fingerprint density at radius 2 is 1.69 bits per heavy atom. The van der Waals surface area contributed by atoms with Crippen molar-refractivity contribution in [2.75, 3.05) is 32.1 Å². The third kappa shape index (κ3) is 11.0. The van der Waals surface area contributed by atoms with E-state index in [4.69, 9.17) is 21.1 Å². The van der Waals surface area contributed by atoms with Crippen molar-refractivity contribution >= 4 is 46.2 Å². The Bertz CT molecular complexity index is 1250. The van der Waals surface area contributed by atoms with Crippen LogP contribution in [0.5, 0.6) is 11.5 Å². The highest BCUT2D eigenvalue weighted by atomic mass is 35.5. The second-order valence-electron chi connectivity index (χ2n) is 8.66. The summed E-state index contributed by atoms with van der Waals surface area (Å²) in [6.07, 6.45) is 0.360. The van der Waals surface area contributed by atoms with Crippen molar-refractivity contribution in [3.8, 4) is 11.5 Å². The molecular weight excluding hydrogens is 605 g/mol. The molecule has 2 aromatic carbocycles. The summed E-state index contributed by atoms with van der Waals surface area (Å²) < 4.78 is 52.8. The predicted octanol–water partition coefficient (Wildman–Crippen LogP) is 7.51. The van der Waals surface area contributed by atoms with E-state index in [-0.39, 0.29) is 28.4 Å². The lowest BCUT2D eigenvalue weighted by Gasteiger charge is -2.18. The zero-order chi connectivity index (χ0) is 31.3. The number of carbonyl (C=O) groups is 3. The van der Waals surface area contributed by atoms with Crippen LogP contribution in [0.3, 0.4) is 0 Å². The van der Waals surface area contributed by atoms with Crippen LogP contribution in [0.4, 0.5) is 23.7 Å². The molecule has 42 heavy (non-hydrogen) atoms. The Hall–Kier alpha value is -3.52. The first-order valence-corrected chi connectivity index (χ1v) is 14.3. The lowest BCUT2D eigenvalue weighted by molar-refractivity contribution is -0.385. The van der Waals surface area contributed by atoms with Gasteiger partial charge in [0.25, 0.3) is 10.9 Å². The van der Waals surface area contributed by atoms with Gasteiger partial charge in [-0.3, -0.25) is 14.9 Å². The van der Waals surface area contributed by atoms with Crippen molar-refractivity contribution in [1.82, 2.24) is 4.90 Å². The molecule has 1 amide bonds. The number of nitro groups is 1. The zero-order valence-corrected chi connectivity index (χ0v) is 24.5. The largest absolute Gasteiger partial charge is 0.463 e. The average Bonchev–Trinajstić information content (AvgIpc) is 3.23. The van der Waals surface area contributed by atoms with Gasteiger partial charge in [0.1, 0.15) is 17.1 Å². The van der Waals surface area contributed by atoms with E-state index in [9.17, 15) is 37.7 Å². The molecule has 1 saturated heterocycles. The van der Waals surface area contributed by atoms with E-state index in [1.807, 2.05) is 11.8 Å². The minimum atomic E-state index is -4.61. The monoisotopic (exact) mass is 634 g/mol. The van der Waals surface area contributed by atoms with Crippen molar-refractivity contribution in [3.63, 3.8) is 0 Å². The summed E-state index contributed by atoms with van der Waals surface area (Å²) in [4.78, 5) is 47.2. The third-order valence-electron chi connectivity index (χ3n) is 5.63.